The molecule has 1 nitrogen and oxygen atoms in total. The number of benzene rings is 1. The zero-order valence-electron chi connectivity index (χ0n) is 7.63. The Morgan fingerprint density at radius 2 is 1.86 bits per heavy atom. The molecule has 1 atom stereocenters. The monoisotopic (exact) mass is 227 g/mol. The van der Waals surface area contributed by atoms with E-state index in [1.807, 2.05) is 12.1 Å². The summed E-state index contributed by atoms with van der Waals surface area (Å²) in [4.78, 5) is 0. The normalized spacial score (nSPS) is 12.1. The Morgan fingerprint density at radius 3 is 2.36 bits per heavy atom. The van der Waals surface area contributed by atoms with Gasteiger partial charge in [-0.25, -0.2) is 0 Å². The van der Waals surface area contributed by atoms with E-state index >= 15 is 0 Å². The summed E-state index contributed by atoms with van der Waals surface area (Å²) in [5, 5.41) is 1.20. The molecule has 0 radical (unpaired) electrons. The van der Waals surface area contributed by atoms with Crippen LogP contribution in [0.2, 0.25) is 10.0 Å². The van der Waals surface area contributed by atoms with Crippen molar-refractivity contribution in [2.24, 2.45) is 5.73 Å². The summed E-state index contributed by atoms with van der Waals surface area (Å²) >= 11 is 11.7. The van der Waals surface area contributed by atoms with Crippen LogP contribution in [0.1, 0.15) is 24.4 Å². The van der Waals surface area contributed by atoms with Crippen LogP contribution in [0, 0.1) is 12.3 Å². The summed E-state index contributed by atoms with van der Waals surface area (Å²) in [6, 6.07) is 5.21. The van der Waals surface area contributed by atoms with Gasteiger partial charge in [0.1, 0.15) is 0 Å². The van der Waals surface area contributed by atoms with Gasteiger partial charge in [-0.1, -0.05) is 23.2 Å². The summed E-state index contributed by atoms with van der Waals surface area (Å²) in [5.41, 5.74) is 6.83. The van der Waals surface area contributed by atoms with E-state index < -0.39 is 0 Å². The first-order valence-electron chi connectivity index (χ1n) is 4.28. The van der Waals surface area contributed by atoms with Crippen molar-refractivity contribution in [3.05, 3.63) is 33.8 Å². The van der Waals surface area contributed by atoms with Crippen molar-refractivity contribution in [3.63, 3.8) is 0 Å². The van der Waals surface area contributed by atoms with Crippen molar-refractivity contribution in [1.82, 2.24) is 0 Å². The summed E-state index contributed by atoms with van der Waals surface area (Å²) in [6.45, 7) is 0. The maximum atomic E-state index is 5.91. The molecule has 0 fully saturated rings. The molecule has 0 amide bonds. The molecule has 74 valence electrons. The number of hydrogen-bond acceptors (Lipinski definition) is 1. The van der Waals surface area contributed by atoms with Crippen molar-refractivity contribution >= 4 is 23.2 Å². The van der Waals surface area contributed by atoms with E-state index in [1.165, 1.54) is 0 Å². The second-order valence-corrected chi connectivity index (χ2v) is 3.92. The fourth-order valence-electron chi connectivity index (χ4n) is 1.19. The lowest BCUT2D eigenvalue weighted by atomic mass is 10.0. The summed E-state index contributed by atoms with van der Waals surface area (Å²) in [7, 11) is 0. The highest BCUT2D eigenvalue weighted by Gasteiger charge is 2.06. The highest BCUT2D eigenvalue weighted by molar-refractivity contribution is 6.34. The molecule has 1 aromatic carbocycles. The molecule has 0 saturated carbocycles. The minimum atomic E-state index is -0.0951. The van der Waals surface area contributed by atoms with Crippen LogP contribution in [0.25, 0.3) is 0 Å². The molecule has 0 aliphatic carbocycles. The SMILES string of the molecule is C#CCCC(N)c1cc(Cl)cc(Cl)c1. The average Bonchev–Trinajstić information content (AvgIpc) is 2.12. The van der Waals surface area contributed by atoms with E-state index in [4.69, 9.17) is 35.4 Å². The minimum Gasteiger partial charge on any atom is -0.324 e. The molecule has 0 spiro atoms. The van der Waals surface area contributed by atoms with E-state index in [-0.39, 0.29) is 6.04 Å². The van der Waals surface area contributed by atoms with Crippen LogP contribution in [-0.2, 0) is 0 Å². The molecular weight excluding hydrogens is 217 g/mol. The zero-order chi connectivity index (χ0) is 10.6. The minimum absolute atomic E-state index is 0.0951. The first kappa shape index (κ1) is 11.4. The number of hydrogen-bond donors (Lipinski definition) is 1. The van der Waals surface area contributed by atoms with Crippen LogP contribution in [0.3, 0.4) is 0 Å². The Bertz CT molecular complexity index is 335. The Kier molecular flexibility index (Phi) is 4.28. The van der Waals surface area contributed by atoms with Gasteiger partial charge in [0.15, 0.2) is 0 Å². The Labute approximate surface area is 94.2 Å². The van der Waals surface area contributed by atoms with Crippen molar-refractivity contribution in [2.45, 2.75) is 18.9 Å². The van der Waals surface area contributed by atoms with E-state index in [1.54, 1.807) is 6.07 Å². The Morgan fingerprint density at radius 1 is 1.29 bits per heavy atom. The highest BCUT2D eigenvalue weighted by Crippen LogP contribution is 2.24. The number of nitrogens with two attached hydrogens (primary N) is 1. The lowest BCUT2D eigenvalue weighted by molar-refractivity contribution is 0.668. The van der Waals surface area contributed by atoms with Crippen LogP contribution in [-0.4, -0.2) is 0 Å². The third kappa shape index (κ3) is 3.23. The van der Waals surface area contributed by atoms with Crippen molar-refractivity contribution < 1.29 is 0 Å². The molecular formula is C11H11Cl2N. The third-order valence-corrected chi connectivity index (χ3v) is 2.35. The molecule has 0 bridgehead atoms. The van der Waals surface area contributed by atoms with Gasteiger partial charge in [-0.2, -0.15) is 0 Å². The second kappa shape index (κ2) is 5.26. The van der Waals surface area contributed by atoms with Crippen molar-refractivity contribution in [2.75, 3.05) is 0 Å². The molecule has 14 heavy (non-hydrogen) atoms. The third-order valence-electron chi connectivity index (χ3n) is 1.91. The lowest BCUT2D eigenvalue weighted by Gasteiger charge is -2.10. The van der Waals surface area contributed by atoms with Crippen LogP contribution in [0.4, 0.5) is 0 Å². The number of halogens is 2. The molecule has 0 aromatic heterocycles. The zero-order valence-corrected chi connectivity index (χ0v) is 9.15. The lowest BCUT2D eigenvalue weighted by Crippen LogP contribution is -2.09. The fourth-order valence-corrected chi connectivity index (χ4v) is 1.74. The van der Waals surface area contributed by atoms with Crippen LogP contribution in [0.5, 0.6) is 0 Å². The molecule has 1 unspecified atom stereocenters. The fraction of sp³-hybridized carbons (Fsp3) is 0.273. The van der Waals surface area contributed by atoms with Gasteiger partial charge in [-0.05, 0) is 30.2 Å². The molecule has 0 aliphatic rings. The second-order valence-electron chi connectivity index (χ2n) is 3.05. The summed E-state index contributed by atoms with van der Waals surface area (Å²) in [5.74, 6) is 2.55. The largest absolute Gasteiger partial charge is 0.324 e. The van der Waals surface area contributed by atoms with E-state index in [0.29, 0.717) is 16.5 Å². The highest BCUT2D eigenvalue weighted by atomic mass is 35.5. The summed E-state index contributed by atoms with van der Waals surface area (Å²) < 4.78 is 0. The number of terminal acetylenes is 1. The maximum absolute atomic E-state index is 5.91. The molecule has 3 heteroatoms. The first-order chi connectivity index (χ1) is 6.63. The average molecular weight is 228 g/mol. The molecule has 1 aromatic rings. The Hall–Kier alpha value is -0.680. The predicted octanol–water partition coefficient (Wildman–Crippen LogP) is 3.41. The van der Waals surface area contributed by atoms with Gasteiger partial charge in [-0.3, -0.25) is 0 Å². The predicted molar refractivity (Wildman–Crippen MR) is 61.5 cm³/mol. The van der Waals surface area contributed by atoms with E-state index in [0.717, 1.165) is 12.0 Å². The molecule has 0 saturated heterocycles. The van der Waals surface area contributed by atoms with Crippen molar-refractivity contribution in [1.29, 1.82) is 0 Å². The van der Waals surface area contributed by atoms with Crippen LogP contribution < -0.4 is 5.73 Å². The van der Waals surface area contributed by atoms with Crippen LogP contribution in [0.15, 0.2) is 18.2 Å². The standard InChI is InChI=1S/C11H11Cl2N/c1-2-3-4-11(14)8-5-9(12)7-10(13)6-8/h1,5-7,11H,3-4,14H2. The van der Waals surface area contributed by atoms with Gasteiger partial charge in [0.25, 0.3) is 0 Å². The first-order valence-corrected chi connectivity index (χ1v) is 5.04. The number of rotatable bonds is 3. The summed E-state index contributed by atoms with van der Waals surface area (Å²) in [6.07, 6.45) is 6.56. The van der Waals surface area contributed by atoms with E-state index in [9.17, 15) is 0 Å². The van der Waals surface area contributed by atoms with Crippen LogP contribution >= 0.6 is 23.2 Å². The van der Waals surface area contributed by atoms with Gasteiger partial charge < -0.3 is 5.73 Å². The molecule has 2 N–H and O–H groups in total. The molecule has 1 rings (SSSR count). The van der Waals surface area contributed by atoms with Gasteiger partial charge in [0, 0.05) is 22.5 Å². The van der Waals surface area contributed by atoms with Crippen molar-refractivity contribution in [3.8, 4) is 12.3 Å². The van der Waals surface area contributed by atoms with Gasteiger partial charge in [0.2, 0.25) is 0 Å². The quantitative estimate of drug-likeness (QED) is 0.788. The van der Waals surface area contributed by atoms with Gasteiger partial charge in [-0.15, -0.1) is 12.3 Å². The molecule has 0 aliphatic heterocycles. The van der Waals surface area contributed by atoms with Gasteiger partial charge >= 0.3 is 0 Å². The van der Waals surface area contributed by atoms with E-state index in [2.05, 4.69) is 5.92 Å². The maximum Gasteiger partial charge on any atom is 0.0424 e. The van der Waals surface area contributed by atoms with Gasteiger partial charge in [0.05, 0.1) is 0 Å². The Balaban J connectivity index is 2.79. The smallest absolute Gasteiger partial charge is 0.0424 e. The topological polar surface area (TPSA) is 26.0 Å². The molecule has 0 heterocycles.